The van der Waals surface area contributed by atoms with Gasteiger partial charge in [0.15, 0.2) is 11.5 Å². The lowest BCUT2D eigenvalue weighted by atomic mass is 9.98. The number of piperidine rings is 1. The molecule has 1 saturated heterocycles. The number of carbonyl (C=O) groups excluding carboxylic acids is 1. The second kappa shape index (κ2) is 7.49. The van der Waals surface area contributed by atoms with Crippen molar-refractivity contribution in [2.75, 3.05) is 19.7 Å². The highest BCUT2D eigenvalue weighted by Crippen LogP contribution is 2.26. The van der Waals surface area contributed by atoms with Gasteiger partial charge in [-0.15, -0.1) is 0 Å². The molecule has 1 aromatic rings. The van der Waals surface area contributed by atoms with E-state index in [-0.39, 0.29) is 29.4 Å². The summed E-state index contributed by atoms with van der Waals surface area (Å²) in [7, 11) is 0. The van der Waals surface area contributed by atoms with Crippen molar-refractivity contribution >= 4 is 5.91 Å². The smallest absolute Gasteiger partial charge is 0.225 e. The first-order valence-electron chi connectivity index (χ1n) is 7.92. The molecule has 22 heavy (non-hydrogen) atoms. The highest BCUT2D eigenvalue weighted by Gasteiger charge is 2.27. The Hall–Kier alpha value is -1.75. The molecule has 1 aromatic carbocycles. The number of phenolic OH excluding ortho intramolecular Hbond substituents is 2. The summed E-state index contributed by atoms with van der Waals surface area (Å²) in [6.07, 6.45) is 2.68. The van der Waals surface area contributed by atoms with Gasteiger partial charge in [-0.3, -0.25) is 4.79 Å². The molecule has 0 saturated carbocycles. The van der Waals surface area contributed by atoms with Crippen molar-refractivity contribution in [3.63, 3.8) is 0 Å². The molecule has 1 heterocycles. The van der Waals surface area contributed by atoms with E-state index in [1.54, 1.807) is 6.07 Å². The number of phenols is 2. The van der Waals surface area contributed by atoms with E-state index in [4.69, 9.17) is 4.74 Å². The number of rotatable bonds is 5. The molecule has 0 spiro atoms. The maximum atomic E-state index is 12.6. The fourth-order valence-corrected chi connectivity index (χ4v) is 2.96. The fraction of sp³-hybridized carbons (Fsp3) is 0.588. The number of hydrogen-bond donors (Lipinski definition) is 2. The number of likely N-dealkylation sites (tertiary alicyclic amines) is 1. The van der Waals surface area contributed by atoms with E-state index in [0.29, 0.717) is 19.6 Å². The number of carbonyl (C=O) groups is 1. The van der Waals surface area contributed by atoms with E-state index in [1.807, 2.05) is 18.7 Å². The van der Waals surface area contributed by atoms with Crippen LogP contribution in [0.15, 0.2) is 18.2 Å². The Morgan fingerprint density at radius 2 is 2.18 bits per heavy atom. The number of aromatic hydroxyl groups is 2. The molecule has 122 valence electrons. The Labute approximate surface area is 131 Å². The molecule has 1 fully saturated rings. The van der Waals surface area contributed by atoms with Gasteiger partial charge in [0, 0.05) is 25.6 Å². The summed E-state index contributed by atoms with van der Waals surface area (Å²) in [6.45, 7) is 6.00. The summed E-state index contributed by atoms with van der Waals surface area (Å²) < 4.78 is 5.64. The Morgan fingerprint density at radius 1 is 1.41 bits per heavy atom. The predicted octanol–water partition coefficient (Wildman–Crippen LogP) is 2.30. The summed E-state index contributed by atoms with van der Waals surface area (Å²) in [5, 5.41) is 18.9. The molecular formula is C17H25NO4. The summed E-state index contributed by atoms with van der Waals surface area (Å²) in [6, 6.07) is 4.70. The van der Waals surface area contributed by atoms with Crippen molar-refractivity contribution < 1.29 is 19.7 Å². The van der Waals surface area contributed by atoms with Crippen LogP contribution in [0, 0.1) is 5.92 Å². The van der Waals surface area contributed by atoms with E-state index < -0.39 is 0 Å². The van der Waals surface area contributed by atoms with Gasteiger partial charge in [0.25, 0.3) is 0 Å². The average molecular weight is 307 g/mol. The standard InChI is InChI=1S/C17H25NO4/c1-3-22-14-5-4-8-18(11-14)17(21)12(2)9-13-6-7-15(19)16(20)10-13/h6-7,10,12,14,19-20H,3-5,8-9,11H2,1-2H3/t12-,14+/m0/s1. The van der Waals surface area contributed by atoms with Crippen LogP contribution < -0.4 is 0 Å². The molecule has 2 N–H and O–H groups in total. The molecule has 5 heteroatoms. The van der Waals surface area contributed by atoms with E-state index in [0.717, 1.165) is 24.9 Å². The first kappa shape index (κ1) is 16.6. The monoisotopic (exact) mass is 307 g/mol. The summed E-state index contributed by atoms with van der Waals surface area (Å²) in [5.41, 5.74) is 0.842. The van der Waals surface area contributed by atoms with Crippen molar-refractivity contribution in [2.45, 2.75) is 39.2 Å². The van der Waals surface area contributed by atoms with Gasteiger partial charge in [0.1, 0.15) is 0 Å². The minimum atomic E-state index is -0.163. The molecule has 2 rings (SSSR count). The van der Waals surface area contributed by atoms with Crippen LogP contribution in [0.4, 0.5) is 0 Å². The van der Waals surface area contributed by atoms with Gasteiger partial charge < -0.3 is 19.8 Å². The van der Waals surface area contributed by atoms with Crippen molar-refractivity contribution in [2.24, 2.45) is 5.92 Å². The molecule has 1 aliphatic heterocycles. The fourth-order valence-electron chi connectivity index (χ4n) is 2.96. The quantitative estimate of drug-likeness (QED) is 0.819. The Bertz CT molecular complexity index is 515. The van der Waals surface area contributed by atoms with Gasteiger partial charge in [-0.1, -0.05) is 13.0 Å². The Morgan fingerprint density at radius 3 is 2.86 bits per heavy atom. The topological polar surface area (TPSA) is 70.0 Å². The summed E-state index contributed by atoms with van der Waals surface area (Å²) >= 11 is 0. The lowest BCUT2D eigenvalue weighted by Crippen LogP contribution is -2.45. The van der Waals surface area contributed by atoms with Crippen LogP contribution >= 0.6 is 0 Å². The molecule has 5 nitrogen and oxygen atoms in total. The average Bonchev–Trinajstić information content (AvgIpc) is 2.51. The zero-order valence-electron chi connectivity index (χ0n) is 13.3. The minimum Gasteiger partial charge on any atom is -0.504 e. The normalized spacial score (nSPS) is 19.9. The van der Waals surface area contributed by atoms with E-state index in [1.165, 1.54) is 12.1 Å². The third kappa shape index (κ3) is 4.13. The number of nitrogens with zero attached hydrogens (tertiary/aromatic N) is 1. The maximum absolute atomic E-state index is 12.6. The van der Waals surface area contributed by atoms with Gasteiger partial charge >= 0.3 is 0 Å². The van der Waals surface area contributed by atoms with Crippen molar-refractivity contribution in [1.82, 2.24) is 4.90 Å². The SMILES string of the molecule is CCO[C@@H]1CCCN(C(=O)[C@@H](C)Cc2ccc(O)c(O)c2)C1. The summed E-state index contributed by atoms with van der Waals surface area (Å²) in [4.78, 5) is 14.4. The highest BCUT2D eigenvalue weighted by molar-refractivity contribution is 5.79. The third-order valence-electron chi connectivity index (χ3n) is 4.10. The van der Waals surface area contributed by atoms with Crippen molar-refractivity contribution in [1.29, 1.82) is 0 Å². The molecule has 0 aliphatic carbocycles. The number of hydrogen-bond acceptors (Lipinski definition) is 4. The van der Waals surface area contributed by atoms with Crippen LogP contribution in [0.5, 0.6) is 11.5 Å². The van der Waals surface area contributed by atoms with Crippen LogP contribution in [0.3, 0.4) is 0 Å². The van der Waals surface area contributed by atoms with E-state index >= 15 is 0 Å². The zero-order chi connectivity index (χ0) is 16.1. The highest BCUT2D eigenvalue weighted by atomic mass is 16.5. The first-order chi connectivity index (χ1) is 10.5. The van der Waals surface area contributed by atoms with Gasteiger partial charge in [-0.25, -0.2) is 0 Å². The van der Waals surface area contributed by atoms with Crippen LogP contribution in [-0.4, -0.2) is 46.8 Å². The number of amides is 1. The Kier molecular flexibility index (Phi) is 5.66. The largest absolute Gasteiger partial charge is 0.504 e. The van der Waals surface area contributed by atoms with Crippen LogP contribution in [0.1, 0.15) is 32.3 Å². The van der Waals surface area contributed by atoms with Gasteiger partial charge in [0.2, 0.25) is 5.91 Å². The van der Waals surface area contributed by atoms with E-state index in [9.17, 15) is 15.0 Å². The predicted molar refractivity (Wildman–Crippen MR) is 83.9 cm³/mol. The van der Waals surface area contributed by atoms with Gasteiger partial charge in [-0.05, 0) is 43.9 Å². The second-order valence-corrected chi connectivity index (χ2v) is 5.93. The minimum absolute atomic E-state index is 0.122. The van der Waals surface area contributed by atoms with Crippen LogP contribution in [0.25, 0.3) is 0 Å². The van der Waals surface area contributed by atoms with E-state index in [2.05, 4.69) is 0 Å². The molecule has 0 unspecified atom stereocenters. The zero-order valence-corrected chi connectivity index (χ0v) is 13.3. The number of benzene rings is 1. The van der Waals surface area contributed by atoms with Crippen LogP contribution in [-0.2, 0) is 16.0 Å². The van der Waals surface area contributed by atoms with Gasteiger partial charge in [-0.2, -0.15) is 0 Å². The number of ether oxygens (including phenoxy) is 1. The third-order valence-corrected chi connectivity index (χ3v) is 4.10. The lowest BCUT2D eigenvalue weighted by molar-refractivity contribution is -0.139. The first-order valence-corrected chi connectivity index (χ1v) is 7.92. The molecule has 1 aliphatic rings. The van der Waals surface area contributed by atoms with Crippen molar-refractivity contribution in [3.05, 3.63) is 23.8 Å². The molecular weight excluding hydrogens is 282 g/mol. The van der Waals surface area contributed by atoms with Crippen molar-refractivity contribution in [3.8, 4) is 11.5 Å². The Balaban J connectivity index is 1.94. The summed E-state index contributed by atoms with van der Waals surface area (Å²) in [5.74, 6) is -0.328. The molecule has 1 amide bonds. The van der Waals surface area contributed by atoms with Crippen LogP contribution in [0.2, 0.25) is 0 Å². The molecule has 0 bridgehead atoms. The lowest BCUT2D eigenvalue weighted by Gasteiger charge is -2.34. The maximum Gasteiger partial charge on any atom is 0.225 e. The second-order valence-electron chi connectivity index (χ2n) is 5.93. The molecule has 2 atom stereocenters. The van der Waals surface area contributed by atoms with Gasteiger partial charge in [0.05, 0.1) is 6.10 Å². The molecule has 0 aromatic heterocycles. The molecule has 0 radical (unpaired) electrons.